The van der Waals surface area contributed by atoms with Crippen molar-refractivity contribution in [1.82, 2.24) is 0 Å². The summed E-state index contributed by atoms with van der Waals surface area (Å²) in [5.41, 5.74) is 2.17. The normalized spacial score (nSPS) is 11.2. The first-order valence-electron chi connectivity index (χ1n) is 7.91. The van der Waals surface area contributed by atoms with Crippen LogP contribution in [-0.4, -0.2) is 14.3 Å². The molecule has 0 aliphatic heterocycles. The van der Waals surface area contributed by atoms with Crippen molar-refractivity contribution in [1.29, 1.82) is 0 Å². The van der Waals surface area contributed by atoms with Crippen LogP contribution in [0.15, 0.2) is 64.9 Å². The molecular weight excluding hydrogens is 368 g/mol. The maximum Gasteiger partial charge on any atom is 0.271 e. The van der Waals surface area contributed by atoms with Crippen molar-refractivity contribution in [3.05, 3.63) is 76.7 Å². The van der Waals surface area contributed by atoms with Gasteiger partial charge in [0.05, 0.1) is 11.3 Å². The average Bonchev–Trinajstić information content (AvgIpc) is 3.02. The topological polar surface area (TPSA) is 75.3 Å². The Balaban J connectivity index is 1.87. The van der Waals surface area contributed by atoms with Gasteiger partial charge in [0.2, 0.25) is 0 Å². The molecule has 3 rings (SSSR count). The first-order chi connectivity index (χ1) is 12.3. The van der Waals surface area contributed by atoms with Crippen molar-refractivity contribution in [2.45, 2.75) is 18.1 Å². The van der Waals surface area contributed by atoms with Crippen molar-refractivity contribution < 1.29 is 13.2 Å². The molecule has 26 heavy (non-hydrogen) atoms. The third-order valence-corrected chi connectivity index (χ3v) is 6.53. The van der Waals surface area contributed by atoms with Crippen LogP contribution >= 0.6 is 11.3 Å². The minimum Gasteiger partial charge on any atom is -0.322 e. The summed E-state index contributed by atoms with van der Waals surface area (Å²) in [4.78, 5) is 13.5. The number of sulfonamides is 1. The molecule has 0 aliphatic rings. The largest absolute Gasteiger partial charge is 0.322 e. The van der Waals surface area contributed by atoms with Crippen LogP contribution < -0.4 is 10.0 Å². The minimum absolute atomic E-state index is 0.212. The van der Waals surface area contributed by atoms with E-state index in [9.17, 15) is 13.2 Å². The van der Waals surface area contributed by atoms with Gasteiger partial charge >= 0.3 is 0 Å². The molecular formula is C19H18N2O3S2. The van der Waals surface area contributed by atoms with Crippen LogP contribution in [0.5, 0.6) is 0 Å². The van der Waals surface area contributed by atoms with Crippen LogP contribution in [0.3, 0.4) is 0 Å². The predicted octanol–water partition coefficient (Wildman–Crippen LogP) is 4.42. The van der Waals surface area contributed by atoms with E-state index >= 15 is 0 Å². The molecule has 0 spiro atoms. The first-order valence-corrected chi connectivity index (χ1v) is 10.2. The number of nitrogens with one attached hydrogen (secondary N) is 2. The maximum atomic E-state index is 12.6. The van der Waals surface area contributed by atoms with E-state index in [1.54, 1.807) is 42.5 Å². The molecule has 5 nitrogen and oxygen atoms in total. The van der Waals surface area contributed by atoms with Gasteiger partial charge in [0, 0.05) is 10.6 Å². The zero-order valence-electron chi connectivity index (χ0n) is 14.3. The van der Waals surface area contributed by atoms with Crippen molar-refractivity contribution in [3.63, 3.8) is 0 Å². The van der Waals surface area contributed by atoms with Gasteiger partial charge in [0.15, 0.2) is 0 Å². The summed E-state index contributed by atoms with van der Waals surface area (Å²) in [6.45, 7) is 3.77. The van der Waals surface area contributed by atoms with Gasteiger partial charge in [-0.2, -0.15) is 0 Å². The molecule has 134 valence electrons. The first kappa shape index (κ1) is 18.2. The van der Waals surface area contributed by atoms with Gasteiger partial charge in [-0.15, -0.1) is 11.3 Å². The molecule has 0 radical (unpaired) electrons. The number of carbonyl (C=O) groups excluding carboxylic acids is 1. The van der Waals surface area contributed by atoms with E-state index in [-0.39, 0.29) is 21.4 Å². The number of thiophene rings is 1. The Bertz CT molecular complexity index is 1060. The molecule has 3 aromatic rings. The Morgan fingerprint density at radius 1 is 0.962 bits per heavy atom. The summed E-state index contributed by atoms with van der Waals surface area (Å²) in [7, 11) is -3.74. The van der Waals surface area contributed by atoms with E-state index in [1.165, 1.54) is 11.3 Å². The highest BCUT2D eigenvalue weighted by molar-refractivity contribution is 7.94. The summed E-state index contributed by atoms with van der Waals surface area (Å²) in [6.07, 6.45) is 0. The van der Waals surface area contributed by atoms with Gasteiger partial charge in [-0.05, 0) is 55.8 Å². The molecule has 1 amide bonds. The molecule has 1 heterocycles. The predicted molar refractivity (Wildman–Crippen MR) is 105 cm³/mol. The van der Waals surface area contributed by atoms with Gasteiger partial charge in [-0.1, -0.05) is 24.3 Å². The number of para-hydroxylation sites is 1. The molecule has 0 aliphatic carbocycles. The molecule has 0 saturated heterocycles. The Morgan fingerprint density at radius 3 is 2.42 bits per heavy atom. The highest BCUT2D eigenvalue weighted by Crippen LogP contribution is 2.25. The van der Waals surface area contributed by atoms with Crippen LogP contribution in [-0.2, 0) is 10.0 Å². The number of aryl methyl sites for hydroxylation is 2. The molecule has 2 aromatic carbocycles. The lowest BCUT2D eigenvalue weighted by Gasteiger charge is -2.12. The maximum absolute atomic E-state index is 12.6. The van der Waals surface area contributed by atoms with Gasteiger partial charge in [-0.25, -0.2) is 8.42 Å². The number of anilines is 2. The van der Waals surface area contributed by atoms with E-state index in [4.69, 9.17) is 0 Å². The number of benzene rings is 2. The summed E-state index contributed by atoms with van der Waals surface area (Å²) in [5, 5.41) is 2.80. The smallest absolute Gasteiger partial charge is 0.271 e. The third kappa shape index (κ3) is 4.12. The van der Waals surface area contributed by atoms with Gasteiger partial charge in [-0.3, -0.25) is 9.52 Å². The summed E-state index contributed by atoms with van der Waals surface area (Å²) in [6, 6.07) is 17.2. The third-order valence-electron chi connectivity index (χ3n) is 3.67. The fourth-order valence-electron chi connectivity index (χ4n) is 2.44. The lowest BCUT2D eigenvalue weighted by atomic mass is 10.1. The number of rotatable bonds is 5. The monoisotopic (exact) mass is 386 g/mol. The van der Waals surface area contributed by atoms with Crippen LogP contribution in [0, 0.1) is 13.8 Å². The molecule has 0 fully saturated rings. The molecule has 1 aromatic heterocycles. The van der Waals surface area contributed by atoms with Crippen molar-refractivity contribution in [2.24, 2.45) is 0 Å². The standard InChI is InChI=1S/C19H18N2O3S2/c1-13-6-5-7-15(12-13)20-19(22)16-8-3-4-9-17(16)21-26(23,24)18-11-10-14(2)25-18/h3-12,21H,1-2H3,(H,20,22). The zero-order valence-corrected chi connectivity index (χ0v) is 15.9. The summed E-state index contributed by atoms with van der Waals surface area (Å²) < 4.78 is 27.8. The summed E-state index contributed by atoms with van der Waals surface area (Å²) in [5.74, 6) is -0.378. The Hall–Kier alpha value is -2.64. The number of carbonyl (C=O) groups is 1. The highest BCUT2D eigenvalue weighted by Gasteiger charge is 2.20. The van der Waals surface area contributed by atoms with Gasteiger partial charge in [0.1, 0.15) is 4.21 Å². The van der Waals surface area contributed by atoms with Gasteiger partial charge in [0.25, 0.3) is 15.9 Å². The number of hydrogen-bond donors (Lipinski definition) is 2. The van der Waals surface area contributed by atoms with E-state index in [1.807, 2.05) is 32.0 Å². The van der Waals surface area contributed by atoms with E-state index in [0.717, 1.165) is 10.4 Å². The second kappa shape index (κ2) is 7.31. The van der Waals surface area contributed by atoms with Crippen LogP contribution in [0.2, 0.25) is 0 Å². The second-order valence-electron chi connectivity index (χ2n) is 5.84. The molecule has 0 bridgehead atoms. The van der Waals surface area contributed by atoms with Crippen molar-refractivity contribution in [3.8, 4) is 0 Å². The molecule has 0 atom stereocenters. The lowest BCUT2D eigenvalue weighted by molar-refractivity contribution is 0.102. The molecule has 2 N–H and O–H groups in total. The van der Waals surface area contributed by atoms with Crippen LogP contribution in [0.25, 0.3) is 0 Å². The average molecular weight is 386 g/mol. The van der Waals surface area contributed by atoms with E-state index in [2.05, 4.69) is 10.0 Å². The SMILES string of the molecule is Cc1cccc(NC(=O)c2ccccc2NS(=O)(=O)c2ccc(C)s2)c1. The fraction of sp³-hybridized carbons (Fsp3) is 0.105. The van der Waals surface area contributed by atoms with E-state index < -0.39 is 10.0 Å². The molecule has 0 unspecified atom stereocenters. The lowest BCUT2D eigenvalue weighted by Crippen LogP contribution is -2.18. The molecule has 0 saturated carbocycles. The van der Waals surface area contributed by atoms with Gasteiger partial charge < -0.3 is 5.32 Å². The van der Waals surface area contributed by atoms with Crippen molar-refractivity contribution >= 4 is 38.6 Å². The fourth-order valence-corrected chi connectivity index (χ4v) is 4.81. The second-order valence-corrected chi connectivity index (χ2v) is 9.04. The van der Waals surface area contributed by atoms with Crippen molar-refractivity contribution in [2.75, 3.05) is 10.0 Å². The Morgan fingerprint density at radius 2 is 1.73 bits per heavy atom. The van der Waals surface area contributed by atoms with E-state index in [0.29, 0.717) is 5.69 Å². The zero-order chi connectivity index (χ0) is 18.7. The van der Waals surface area contributed by atoms with Crippen LogP contribution in [0.4, 0.5) is 11.4 Å². The Labute approximate surface area is 156 Å². The van der Waals surface area contributed by atoms with Crippen LogP contribution in [0.1, 0.15) is 20.8 Å². The quantitative estimate of drug-likeness (QED) is 0.682. The highest BCUT2D eigenvalue weighted by atomic mass is 32.2. The number of amides is 1. The number of hydrogen-bond acceptors (Lipinski definition) is 4. The Kier molecular flexibility index (Phi) is 5.11. The summed E-state index contributed by atoms with van der Waals surface area (Å²) >= 11 is 1.18. The molecule has 7 heteroatoms. The minimum atomic E-state index is -3.74.